The summed E-state index contributed by atoms with van der Waals surface area (Å²) < 4.78 is 5.16. The first-order valence-corrected chi connectivity index (χ1v) is 7.83. The predicted octanol–water partition coefficient (Wildman–Crippen LogP) is 4.73. The second kappa shape index (κ2) is 7.47. The number of hydrogen-bond acceptors (Lipinski definition) is 3. The summed E-state index contributed by atoms with van der Waals surface area (Å²) in [5.41, 5.74) is 2.49. The maximum atomic E-state index is 13.0. The molecular weight excluding hydrogens is 298 g/mol. The van der Waals surface area contributed by atoms with Crippen LogP contribution in [0, 0.1) is 0 Å². The molecule has 0 aliphatic carbocycles. The van der Waals surface area contributed by atoms with Gasteiger partial charge in [0.05, 0.1) is 7.11 Å². The summed E-state index contributed by atoms with van der Waals surface area (Å²) in [6.07, 6.45) is 0. The van der Waals surface area contributed by atoms with E-state index in [1.165, 1.54) is 0 Å². The van der Waals surface area contributed by atoms with E-state index in [9.17, 15) is 4.79 Å². The van der Waals surface area contributed by atoms with Gasteiger partial charge in [-0.2, -0.15) is 0 Å². The second-order valence-corrected chi connectivity index (χ2v) is 5.45. The van der Waals surface area contributed by atoms with Gasteiger partial charge in [0.2, 0.25) is 0 Å². The molecule has 0 saturated carbocycles. The number of methoxy groups -OCH3 is 1. The second-order valence-electron chi connectivity index (χ2n) is 5.45. The Balaban J connectivity index is 1.92. The van der Waals surface area contributed by atoms with Gasteiger partial charge in [0.15, 0.2) is 5.78 Å². The Morgan fingerprint density at radius 1 is 0.833 bits per heavy atom. The van der Waals surface area contributed by atoms with Crippen LogP contribution in [0.3, 0.4) is 0 Å². The van der Waals surface area contributed by atoms with E-state index in [1.807, 2.05) is 60.7 Å². The zero-order valence-electron chi connectivity index (χ0n) is 13.5. The summed E-state index contributed by atoms with van der Waals surface area (Å²) >= 11 is 0. The van der Waals surface area contributed by atoms with Crippen LogP contribution in [-0.2, 0) is 0 Å². The molecule has 0 spiro atoms. The van der Waals surface area contributed by atoms with Crippen LogP contribution in [0.2, 0.25) is 0 Å². The van der Waals surface area contributed by atoms with Gasteiger partial charge in [0.1, 0.15) is 11.8 Å². The van der Waals surface area contributed by atoms with Crippen molar-refractivity contribution in [1.82, 2.24) is 0 Å². The van der Waals surface area contributed by atoms with Crippen LogP contribution in [0.4, 0.5) is 5.69 Å². The number of benzene rings is 3. The van der Waals surface area contributed by atoms with Crippen LogP contribution < -0.4 is 10.1 Å². The van der Waals surface area contributed by atoms with Crippen molar-refractivity contribution in [2.75, 3.05) is 12.4 Å². The normalized spacial score (nSPS) is 11.5. The Bertz CT molecular complexity index is 783. The Hall–Kier alpha value is -3.07. The molecule has 3 aromatic rings. The average molecular weight is 317 g/mol. The van der Waals surface area contributed by atoms with E-state index < -0.39 is 6.04 Å². The maximum absolute atomic E-state index is 13.0. The Morgan fingerprint density at radius 2 is 1.42 bits per heavy atom. The summed E-state index contributed by atoms with van der Waals surface area (Å²) in [6.45, 7) is 0. The number of anilines is 1. The van der Waals surface area contributed by atoms with Crippen LogP contribution >= 0.6 is 0 Å². The van der Waals surface area contributed by atoms with Crippen LogP contribution in [0.1, 0.15) is 22.0 Å². The van der Waals surface area contributed by atoms with Crippen molar-refractivity contribution in [2.45, 2.75) is 6.04 Å². The Kier molecular flexibility index (Phi) is 4.92. The van der Waals surface area contributed by atoms with Crippen molar-refractivity contribution >= 4 is 11.5 Å². The molecule has 1 N–H and O–H groups in total. The van der Waals surface area contributed by atoms with E-state index in [2.05, 4.69) is 5.32 Å². The minimum Gasteiger partial charge on any atom is -0.497 e. The predicted molar refractivity (Wildman–Crippen MR) is 96.6 cm³/mol. The molecule has 1 atom stereocenters. The lowest BCUT2D eigenvalue weighted by molar-refractivity contribution is 0.0969. The highest BCUT2D eigenvalue weighted by molar-refractivity contribution is 6.02. The number of ether oxygens (including phenoxy) is 1. The zero-order valence-corrected chi connectivity index (χ0v) is 13.5. The highest BCUT2D eigenvalue weighted by atomic mass is 16.5. The highest BCUT2D eigenvalue weighted by Gasteiger charge is 2.21. The summed E-state index contributed by atoms with van der Waals surface area (Å²) in [6, 6.07) is 26.3. The molecule has 3 heteroatoms. The fourth-order valence-electron chi connectivity index (χ4n) is 2.57. The molecule has 0 aliphatic heterocycles. The third kappa shape index (κ3) is 3.63. The number of ketones is 1. The Morgan fingerprint density at radius 3 is 2.00 bits per heavy atom. The zero-order chi connectivity index (χ0) is 16.8. The fourth-order valence-corrected chi connectivity index (χ4v) is 2.57. The summed E-state index contributed by atoms with van der Waals surface area (Å²) in [5.74, 6) is 0.756. The van der Waals surface area contributed by atoms with Gasteiger partial charge in [-0.15, -0.1) is 0 Å². The summed E-state index contributed by atoms with van der Waals surface area (Å²) in [5, 5.41) is 3.34. The van der Waals surface area contributed by atoms with Gasteiger partial charge in [0.25, 0.3) is 0 Å². The highest BCUT2D eigenvalue weighted by Crippen LogP contribution is 2.24. The van der Waals surface area contributed by atoms with E-state index in [0.29, 0.717) is 5.56 Å². The number of nitrogens with one attached hydrogen (secondary N) is 1. The molecule has 0 aromatic heterocycles. The number of hydrogen-bond donors (Lipinski definition) is 1. The molecule has 0 saturated heterocycles. The topological polar surface area (TPSA) is 38.3 Å². The van der Waals surface area contributed by atoms with Crippen molar-refractivity contribution in [3.05, 3.63) is 96.1 Å². The van der Waals surface area contributed by atoms with Crippen LogP contribution in [0.5, 0.6) is 5.75 Å². The van der Waals surface area contributed by atoms with Crippen molar-refractivity contribution in [1.29, 1.82) is 0 Å². The summed E-state index contributed by atoms with van der Waals surface area (Å²) in [4.78, 5) is 13.0. The molecule has 0 fully saturated rings. The molecule has 0 bridgehead atoms. The number of para-hydroxylation sites is 1. The van der Waals surface area contributed by atoms with E-state index in [1.54, 1.807) is 31.4 Å². The quantitative estimate of drug-likeness (QED) is 0.668. The van der Waals surface area contributed by atoms with Crippen molar-refractivity contribution in [3.8, 4) is 5.75 Å². The lowest BCUT2D eigenvalue weighted by Gasteiger charge is -2.19. The number of rotatable bonds is 6. The molecule has 3 nitrogen and oxygen atoms in total. The monoisotopic (exact) mass is 317 g/mol. The van der Waals surface area contributed by atoms with Gasteiger partial charge in [-0.25, -0.2) is 0 Å². The van der Waals surface area contributed by atoms with Crippen LogP contribution in [0.15, 0.2) is 84.9 Å². The SMILES string of the molecule is COc1ccc(C(=O)C(Nc2ccccc2)c2ccccc2)cc1. The largest absolute Gasteiger partial charge is 0.497 e. The van der Waals surface area contributed by atoms with Gasteiger partial charge in [0, 0.05) is 11.3 Å². The molecule has 0 aliphatic rings. The van der Waals surface area contributed by atoms with Gasteiger partial charge in [-0.1, -0.05) is 48.5 Å². The van der Waals surface area contributed by atoms with Crippen molar-refractivity contribution < 1.29 is 9.53 Å². The van der Waals surface area contributed by atoms with Crippen LogP contribution in [-0.4, -0.2) is 12.9 Å². The molecule has 3 rings (SSSR count). The molecule has 0 heterocycles. The molecule has 1 unspecified atom stereocenters. The standard InChI is InChI=1S/C21H19NO2/c1-24-19-14-12-17(13-15-19)21(23)20(16-8-4-2-5-9-16)22-18-10-6-3-7-11-18/h2-15,20,22H,1H3. The number of carbonyl (C=O) groups excluding carboxylic acids is 1. The number of carbonyl (C=O) groups is 1. The number of Topliss-reactive ketones (excluding diaryl/α,β-unsaturated/α-hetero) is 1. The lowest BCUT2D eigenvalue weighted by atomic mass is 9.97. The van der Waals surface area contributed by atoms with E-state index in [-0.39, 0.29) is 5.78 Å². The molecule has 0 radical (unpaired) electrons. The van der Waals surface area contributed by atoms with Crippen molar-refractivity contribution in [3.63, 3.8) is 0 Å². The van der Waals surface area contributed by atoms with Gasteiger partial charge in [-0.3, -0.25) is 4.79 Å². The smallest absolute Gasteiger partial charge is 0.189 e. The summed E-state index contributed by atoms with van der Waals surface area (Å²) in [7, 11) is 1.61. The van der Waals surface area contributed by atoms with E-state index in [0.717, 1.165) is 17.0 Å². The first-order valence-electron chi connectivity index (χ1n) is 7.83. The molecule has 3 aromatic carbocycles. The van der Waals surface area contributed by atoms with Gasteiger partial charge in [-0.05, 0) is 42.0 Å². The first kappa shape index (κ1) is 15.8. The molecule has 0 amide bonds. The average Bonchev–Trinajstić information content (AvgIpc) is 2.67. The Labute approximate surface area is 141 Å². The fraction of sp³-hybridized carbons (Fsp3) is 0.0952. The third-order valence-electron chi connectivity index (χ3n) is 3.85. The van der Waals surface area contributed by atoms with Gasteiger partial charge < -0.3 is 10.1 Å². The molecular formula is C21H19NO2. The molecule has 24 heavy (non-hydrogen) atoms. The van der Waals surface area contributed by atoms with Crippen molar-refractivity contribution in [2.24, 2.45) is 0 Å². The third-order valence-corrected chi connectivity index (χ3v) is 3.85. The first-order chi connectivity index (χ1) is 11.8. The van der Waals surface area contributed by atoms with Gasteiger partial charge >= 0.3 is 0 Å². The van der Waals surface area contributed by atoms with E-state index >= 15 is 0 Å². The minimum absolute atomic E-state index is 0.0210. The van der Waals surface area contributed by atoms with Crippen LogP contribution in [0.25, 0.3) is 0 Å². The van der Waals surface area contributed by atoms with E-state index in [4.69, 9.17) is 4.74 Å². The molecule has 120 valence electrons. The lowest BCUT2D eigenvalue weighted by Crippen LogP contribution is -2.21. The minimum atomic E-state index is -0.443. The maximum Gasteiger partial charge on any atom is 0.189 e.